The normalized spacial score (nSPS) is 8.31. The molecule has 0 aromatic rings. The zero-order chi connectivity index (χ0) is 7.82. The van der Waals surface area contributed by atoms with Gasteiger partial charge in [0.2, 0.25) is 0 Å². The molecule has 0 spiro atoms. The van der Waals surface area contributed by atoms with E-state index in [0.717, 1.165) is 0 Å². The van der Waals surface area contributed by atoms with E-state index in [2.05, 4.69) is 0 Å². The van der Waals surface area contributed by atoms with Crippen LogP contribution in [0, 0.1) is 0 Å². The van der Waals surface area contributed by atoms with E-state index in [0.29, 0.717) is 19.6 Å². The molecule has 0 aliphatic rings. The predicted octanol–water partition coefficient (Wildman–Crippen LogP) is -2.29. The van der Waals surface area contributed by atoms with Crippen molar-refractivity contribution in [3.05, 3.63) is 0 Å². The summed E-state index contributed by atoms with van der Waals surface area (Å²) in [5.74, 6) is 0. The second-order valence-electron chi connectivity index (χ2n) is 2.01. The maximum atomic E-state index is 8.48. The molecule has 0 aromatic carbocycles. The van der Waals surface area contributed by atoms with Crippen molar-refractivity contribution in [3.63, 3.8) is 0 Å². The predicted molar refractivity (Wildman–Crippen MR) is 56.5 cm³/mol. The van der Waals surface area contributed by atoms with E-state index in [1.807, 2.05) is 0 Å². The van der Waals surface area contributed by atoms with Crippen LogP contribution < -0.4 is 0 Å². The SMILES string of the molecule is Cl.O.OCCN(CCO)CCO.[H-].[H-].[Mg+2]. The zero-order valence-electron chi connectivity index (χ0n) is 9.65. The Morgan fingerprint density at radius 2 is 1.08 bits per heavy atom. The van der Waals surface area contributed by atoms with Gasteiger partial charge in [-0.3, -0.25) is 4.90 Å². The zero-order valence-corrected chi connectivity index (χ0v) is 9.88. The van der Waals surface area contributed by atoms with Crippen LogP contribution in [0.1, 0.15) is 2.85 Å². The van der Waals surface area contributed by atoms with Gasteiger partial charge in [-0.25, -0.2) is 0 Å². The van der Waals surface area contributed by atoms with Crippen molar-refractivity contribution in [1.29, 1.82) is 0 Å². The maximum absolute atomic E-state index is 8.48. The van der Waals surface area contributed by atoms with Crippen molar-refractivity contribution in [2.45, 2.75) is 0 Å². The van der Waals surface area contributed by atoms with Crippen LogP contribution in [0.15, 0.2) is 0 Å². The number of nitrogens with zero attached hydrogens (tertiary/aromatic N) is 1. The topological polar surface area (TPSA) is 95.4 Å². The summed E-state index contributed by atoms with van der Waals surface area (Å²) in [5, 5.41) is 25.5. The number of rotatable bonds is 6. The van der Waals surface area contributed by atoms with Gasteiger partial charge in [0.25, 0.3) is 0 Å². The van der Waals surface area contributed by atoms with Crippen molar-refractivity contribution in [3.8, 4) is 0 Å². The Bertz CT molecular complexity index is 75.9. The Morgan fingerprint density at radius 1 is 0.846 bits per heavy atom. The number of aliphatic hydroxyl groups excluding tert-OH is 3. The summed E-state index contributed by atoms with van der Waals surface area (Å²) in [5.41, 5.74) is 0. The minimum absolute atomic E-state index is 0. The molecule has 0 saturated heterocycles. The summed E-state index contributed by atoms with van der Waals surface area (Å²) < 4.78 is 0. The molecule has 0 unspecified atom stereocenters. The van der Waals surface area contributed by atoms with Crippen molar-refractivity contribution in [1.82, 2.24) is 4.90 Å². The Hall–Kier alpha value is 0.856. The molecule has 0 rings (SSSR count). The molecule has 0 fully saturated rings. The van der Waals surface area contributed by atoms with Crippen LogP contribution in [0.5, 0.6) is 0 Å². The van der Waals surface area contributed by atoms with Gasteiger partial charge in [-0.2, -0.15) is 0 Å². The Labute approximate surface area is 104 Å². The Kier molecular flexibility index (Phi) is 33.7. The van der Waals surface area contributed by atoms with Crippen molar-refractivity contribution >= 4 is 35.5 Å². The third kappa shape index (κ3) is 15.6. The van der Waals surface area contributed by atoms with Crippen LogP contribution in [0.3, 0.4) is 0 Å². The largest absolute Gasteiger partial charge is 2.00 e. The number of halogens is 1. The first-order valence-electron chi connectivity index (χ1n) is 3.40. The molecule has 0 aliphatic heterocycles. The van der Waals surface area contributed by atoms with Gasteiger partial charge in [0, 0.05) is 19.6 Å². The van der Waals surface area contributed by atoms with Gasteiger partial charge in [0.15, 0.2) is 0 Å². The van der Waals surface area contributed by atoms with Gasteiger partial charge in [0.1, 0.15) is 0 Å². The second kappa shape index (κ2) is 18.6. The fourth-order valence-electron chi connectivity index (χ4n) is 0.760. The Morgan fingerprint density at radius 3 is 1.23 bits per heavy atom. The van der Waals surface area contributed by atoms with Crippen LogP contribution in [-0.4, -0.2) is 88.2 Å². The standard InChI is InChI=1S/C6H15NO3.ClH.Mg.H2O.2H/c8-4-1-7(2-5-9)3-6-10;;;;;/h8-10H,1-6H2;1H;;1H2;;/q;;+2;;2*-1. The van der Waals surface area contributed by atoms with Crippen LogP contribution in [0.2, 0.25) is 0 Å². The van der Waals surface area contributed by atoms with Crippen LogP contribution in [-0.2, 0) is 0 Å². The fraction of sp³-hybridized carbons (Fsp3) is 1.00. The molecule has 5 nitrogen and oxygen atoms in total. The summed E-state index contributed by atoms with van der Waals surface area (Å²) in [6.07, 6.45) is 0. The summed E-state index contributed by atoms with van der Waals surface area (Å²) in [6, 6.07) is 0. The van der Waals surface area contributed by atoms with E-state index in [4.69, 9.17) is 15.3 Å². The molecule has 0 aromatic heterocycles. The van der Waals surface area contributed by atoms with Gasteiger partial charge in [-0.1, -0.05) is 0 Å². The minimum atomic E-state index is 0. The summed E-state index contributed by atoms with van der Waals surface area (Å²) in [7, 11) is 0. The van der Waals surface area contributed by atoms with E-state index in [1.54, 1.807) is 4.90 Å². The van der Waals surface area contributed by atoms with Gasteiger partial charge in [0.05, 0.1) is 19.8 Å². The Balaban J connectivity index is -0.0000000405. The summed E-state index contributed by atoms with van der Waals surface area (Å²) in [4.78, 5) is 1.79. The first kappa shape index (κ1) is 23.6. The van der Waals surface area contributed by atoms with Gasteiger partial charge in [-0.05, 0) is 0 Å². The van der Waals surface area contributed by atoms with Crippen molar-refractivity contribution in [2.75, 3.05) is 39.5 Å². The quantitative estimate of drug-likeness (QED) is 0.447. The van der Waals surface area contributed by atoms with Crippen molar-refractivity contribution in [2.24, 2.45) is 0 Å². The molecule has 5 N–H and O–H groups in total. The van der Waals surface area contributed by atoms with E-state index >= 15 is 0 Å². The minimum Gasteiger partial charge on any atom is -1.00 e. The molecule has 0 amide bonds. The molecular weight excluding hydrogens is 210 g/mol. The first-order chi connectivity index (χ1) is 4.85. The third-order valence-corrected chi connectivity index (χ3v) is 1.25. The molecule has 0 bridgehead atoms. The molecule has 82 valence electrons. The van der Waals surface area contributed by atoms with E-state index in [9.17, 15) is 0 Å². The molecule has 0 atom stereocenters. The molecule has 0 heterocycles. The fourth-order valence-corrected chi connectivity index (χ4v) is 0.760. The second-order valence-corrected chi connectivity index (χ2v) is 2.01. The van der Waals surface area contributed by atoms with Crippen molar-refractivity contribution < 1.29 is 23.6 Å². The molecule has 13 heavy (non-hydrogen) atoms. The average Bonchev–Trinajstić information content (AvgIpc) is 1.90. The monoisotopic (exact) mass is 229 g/mol. The number of hydrogen-bond acceptors (Lipinski definition) is 4. The van der Waals surface area contributed by atoms with E-state index in [1.165, 1.54) is 0 Å². The molecular formula is C6H20ClMgNO4. The smallest absolute Gasteiger partial charge is 1.00 e. The molecule has 7 heteroatoms. The van der Waals surface area contributed by atoms with Crippen LogP contribution in [0.25, 0.3) is 0 Å². The number of hydrogen-bond donors (Lipinski definition) is 3. The summed E-state index contributed by atoms with van der Waals surface area (Å²) in [6.45, 7) is 1.75. The van der Waals surface area contributed by atoms with Crippen LogP contribution in [0.4, 0.5) is 0 Å². The molecule has 0 radical (unpaired) electrons. The average molecular weight is 230 g/mol. The summed E-state index contributed by atoms with van der Waals surface area (Å²) >= 11 is 0. The van der Waals surface area contributed by atoms with Gasteiger partial charge < -0.3 is 23.6 Å². The molecule has 0 aliphatic carbocycles. The van der Waals surface area contributed by atoms with E-state index in [-0.39, 0.29) is 63.6 Å². The molecule has 0 saturated carbocycles. The first-order valence-corrected chi connectivity index (χ1v) is 3.40. The van der Waals surface area contributed by atoms with E-state index < -0.39 is 0 Å². The van der Waals surface area contributed by atoms with Crippen LogP contribution >= 0.6 is 12.4 Å². The maximum Gasteiger partial charge on any atom is 2.00 e. The van der Waals surface area contributed by atoms with Gasteiger partial charge in [-0.15, -0.1) is 12.4 Å². The third-order valence-electron chi connectivity index (χ3n) is 1.25. The van der Waals surface area contributed by atoms with Gasteiger partial charge >= 0.3 is 23.1 Å². The number of aliphatic hydroxyl groups is 3.